The molecule has 0 aliphatic rings. The molecule has 100 valence electrons. The van der Waals surface area contributed by atoms with Crippen LogP contribution in [0.15, 0.2) is 24.3 Å². The lowest BCUT2D eigenvalue weighted by molar-refractivity contribution is 0.632. The lowest BCUT2D eigenvalue weighted by atomic mass is 10.3. The predicted octanol–water partition coefficient (Wildman–Crippen LogP) is 3.62. The summed E-state index contributed by atoms with van der Waals surface area (Å²) in [4.78, 5) is 8.57. The number of benzene rings is 1. The summed E-state index contributed by atoms with van der Waals surface area (Å²) in [5.74, 6) is 1.49. The van der Waals surface area contributed by atoms with Crippen molar-refractivity contribution in [3.8, 4) is 0 Å². The molecule has 2 aromatic rings. The van der Waals surface area contributed by atoms with Gasteiger partial charge in [0, 0.05) is 24.6 Å². The number of aryl methyl sites for hydroxylation is 1. The average molecular weight is 281 g/mol. The van der Waals surface area contributed by atoms with E-state index >= 15 is 0 Å². The van der Waals surface area contributed by atoms with Crippen molar-refractivity contribution in [2.45, 2.75) is 13.3 Å². The number of aromatic nitrogens is 2. The molecule has 0 spiro atoms. The minimum Gasteiger partial charge on any atom is -0.373 e. The molecule has 0 aliphatic carbocycles. The standard InChI is InChI=1S/C13H14ClFN4/c1-3-11-18-12(16-2)7-13(19-11)17-10-5-4-8(14)6-9(10)15/h4-7H,3H2,1-2H3,(H2,16,17,18,19). The van der Waals surface area contributed by atoms with Gasteiger partial charge in [0.2, 0.25) is 0 Å². The maximum atomic E-state index is 13.7. The fourth-order valence-electron chi connectivity index (χ4n) is 1.58. The summed E-state index contributed by atoms with van der Waals surface area (Å²) < 4.78 is 13.7. The summed E-state index contributed by atoms with van der Waals surface area (Å²) in [5.41, 5.74) is 0.326. The Hall–Kier alpha value is -1.88. The summed E-state index contributed by atoms with van der Waals surface area (Å²) >= 11 is 5.71. The van der Waals surface area contributed by atoms with E-state index in [0.717, 1.165) is 0 Å². The van der Waals surface area contributed by atoms with Crippen molar-refractivity contribution in [3.63, 3.8) is 0 Å². The maximum absolute atomic E-state index is 13.7. The summed E-state index contributed by atoms with van der Waals surface area (Å²) in [6, 6.07) is 6.16. The molecule has 1 aromatic carbocycles. The van der Waals surface area contributed by atoms with Crippen LogP contribution in [0.1, 0.15) is 12.7 Å². The maximum Gasteiger partial charge on any atom is 0.148 e. The molecule has 2 N–H and O–H groups in total. The Morgan fingerprint density at radius 3 is 2.58 bits per heavy atom. The quantitative estimate of drug-likeness (QED) is 0.898. The van der Waals surface area contributed by atoms with E-state index in [9.17, 15) is 4.39 Å². The third-order valence-corrected chi connectivity index (χ3v) is 2.77. The van der Waals surface area contributed by atoms with Gasteiger partial charge in [-0.3, -0.25) is 0 Å². The molecule has 1 aromatic heterocycles. The van der Waals surface area contributed by atoms with Crippen LogP contribution < -0.4 is 10.6 Å². The minimum absolute atomic E-state index is 0.326. The number of hydrogen-bond donors (Lipinski definition) is 2. The van der Waals surface area contributed by atoms with Gasteiger partial charge in [-0.15, -0.1) is 0 Å². The number of anilines is 3. The second-order valence-corrected chi connectivity index (χ2v) is 4.34. The van der Waals surface area contributed by atoms with Crippen LogP contribution in [0.2, 0.25) is 5.02 Å². The van der Waals surface area contributed by atoms with Gasteiger partial charge in [0.05, 0.1) is 5.69 Å². The first kappa shape index (κ1) is 13.5. The van der Waals surface area contributed by atoms with Crippen LogP contribution in [-0.4, -0.2) is 17.0 Å². The van der Waals surface area contributed by atoms with Crippen LogP contribution in [0.5, 0.6) is 0 Å². The Morgan fingerprint density at radius 1 is 1.21 bits per heavy atom. The van der Waals surface area contributed by atoms with Gasteiger partial charge < -0.3 is 10.6 Å². The number of nitrogens with one attached hydrogen (secondary N) is 2. The molecule has 0 saturated carbocycles. The lowest BCUT2D eigenvalue weighted by Gasteiger charge is -2.10. The largest absolute Gasteiger partial charge is 0.373 e. The molecule has 0 bridgehead atoms. The molecule has 19 heavy (non-hydrogen) atoms. The SMILES string of the molecule is CCc1nc(NC)cc(Nc2ccc(Cl)cc2F)n1. The molecular weight excluding hydrogens is 267 g/mol. The topological polar surface area (TPSA) is 49.8 Å². The van der Waals surface area contributed by atoms with Crippen molar-refractivity contribution in [2.75, 3.05) is 17.7 Å². The first-order chi connectivity index (χ1) is 9.12. The van der Waals surface area contributed by atoms with Crippen LogP contribution >= 0.6 is 11.6 Å². The van der Waals surface area contributed by atoms with Crippen molar-refractivity contribution in [1.82, 2.24) is 9.97 Å². The van der Waals surface area contributed by atoms with Gasteiger partial charge >= 0.3 is 0 Å². The second kappa shape index (κ2) is 5.84. The Morgan fingerprint density at radius 2 is 1.95 bits per heavy atom. The molecule has 0 saturated heterocycles. The molecule has 0 amide bonds. The van der Waals surface area contributed by atoms with E-state index in [0.29, 0.717) is 34.6 Å². The molecule has 2 rings (SSSR count). The van der Waals surface area contributed by atoms with Crippen molar-refractivity contribution in [3.05, 3.63) is 40.9 Å². The van der Waals surface area contributed by atoms with E-state index in [1.54, 1.807) is 25.2 Å². The van der Waals surface area contributed by atoms with E-state index < -0.39 is 5.82 Å². The smallest absolute Gasteiger partial charge is 0.148 e. The highest BCUT2D eigenvalue weighted by Gasteiger charge is 2.06. The van der Waals surface area contributed by atoms with Gasteiger partial charge in [0.15, 0.2) is 0 Å². The van der Waals surface area contributed by atoms with Crippen molar-refractivity contribution in [1.29, 1.82) is 0 Å². The van der Waals surface area contributed by atoms with E-state index in [-0.39, 0.29) is 0 Å². The summed E-state index contributed by atoms with van der Waals surface area (Å²) in [6.07, 6.45) is 0.702. The lowest BCUT2D eigenvalue weighted by Crippen LogP contribution is -2.03. The minimum atomic E-state index is -0.421. The van der Waals surface area contributed by atoms with E-state index in [1.807, 2.05) is 6.92 Å². The van der Waals surface area contributed by atoms with Gasteiger partial charge in [-0.1, -0.05) is 18.5 Å². The number of nitrogens with zero attached hydrogens (tertiary/aromatic N) is 2. The van der Waals surface area contributed by atoms with Gasteiger partial charge in [0.25, 0.3) is 0 Å². The van der Waals surface area contributed by atoms with Gasteiger partial charge in [-0.25, -0.2) is 14.4 Å². The highest BCUT2D eigenvalue weighted by atomic mass is 35.5. The van der Waals surface area contributed by atoms with Gasteiger partial charge in [-0.05, 0) is 18.2 Å². The molecule has 0 radical (unpaired) electrons. The summed E-state index contributed by atoms with van der Waals surface area (Å²) in [7, 11) is 1.77. The zero-order chi connectivity index (χ0) is 13.8. The monoisotopic (exact) mass is 280 g/mol. The summed E-state index contributed by atoms with van der Waals surface area (Å²) in [5, 5.41) is 6.23. The number of halogens is 2. The zero-order valence-corrected chi connectivity index (χ0v) is 11.4. The number of rotatable bonds is 4. The van der Waals surface area contributed by atoms with Crippen LogP contribution in [0.3, 0.4) is 0 Å². The van der Waals surface area contributed by atoms with E-state index in [4.69, 9.17) is 11.6 Å². The first-order valence-corrected chi connectivity index (χ1v) is 6.28. The van der Waals surface area contributed by atoms with E-state index in [1.165, 1.54) is 6.07 Å². The fourth-order valence-corrected chi connectivity index (χ4v) is 1.73. The van der Waals surface area contributed by atoms with Gasteiger partial charge in [0.1, 0.15) is 23.3 Å². The Kier molecular flexibility index (Phi) is 4.16. The molecule has 0 unspecified atom stereocenters. The highest BCUT2D eigenvalue weighted by molar-refractivity contribution is 6.30. The van der Waals surface area contributed by atoms with Crippen LogP contribution in [0.25, 0.3) is 0 Å². The third kappa shape index (κ3) is 3.32. The number of hydrogen-bond acceptors (Lipinski definition) is 4. The Bertz CT molecular complexity index is 567. The third-order valence-electron chi connectivity index (χ3n) is 2.54. The molecule has 6 heteroatoms. The van der Waals surface area contributed by atoms with Crippen molar-refractivity contribution < 1.29 is 4.39 Å². The van der Waals surface area contributed by atoms with Crippen molar-refractivity contribution >= 4 is 28.9 Å². The van der Waals surface area contributed by atoms with Gasteiger partial charge in [-0.2, -0.15) is 0 Å². The van der Waals surface area contributed by atoms with Crippen LogP contribution in [0.4, 0.5) is 21.7 Å². The fraction of sp³-hybridized carbons (Fsp3) is 0.231. The van der Waals surface area contributed by atoms with Crippen molar-refractivity contribution in [2.24, 2.45) is 0 Å². The highest BCUT2D eigenvalue weighted by Crippen LogP contribution is 2.23. The predicted molar refractivity (Wildman–Crippen MR) is 75.6 cm³/mol. The van der Waals surface area contributed by atoms with Crippen LogP contribution in [-0.2, 0) is 6.42 Å². The molecule has 0 fully saturated rings. The average Bonchev–Trinajstić information content (AvgIpc) is 2.41. The first-order valence-electron chi connectivity index (χ1n) is 5.90. The Balaban J connectivity index is 2.31. The van der Waals surface area contributed by atoms with Crippen LogP contribution in [0, 0.1) is 5.82 Å². The normalized spacial score (nSPS) is 10.3. The molecule has 4 nitrogen and oxygen atoms in total. The van der Waals surface area contributed by atoms with E-state index in [2.05, 4.69) is 20.6 Å². The summed E-state index contributed by atoms with van der Waals surface area (Å²) in [6.45, 7) is 1.96. The zero-order valence-electron chi connectivity index (χ0n) is 10.7. The molecular formula is C13H14ClFN4. The molecule has 0 aliphatic heterocycles. The second-order valence-electron chi connectivity index (χ2n) is 3.91. The Labute approximate surface area is 116 Å². The molecule has 1 heterocycles. The molecule has 0 atom stereocenters.